The zero-order valence-electron chi connectivity index (χ0n) is 8.20. The largest absolute Gasteiger partial charge is 0.398 e. The van der Waals surface area contributed by atoms with Gasteiger partial charge in [-0.3, -0.25) is 0 Å². The van der Waals surface area contributed by atoms with E-state index < -0.39 is 0 Å². The van der Waals surface area contributed by atoms with Crippen molar-refractivity contribution in [1.29, 1.82) is 5.26 Å². The van der Waals surface area contributed by atoms with Crippen molar-refractivity contribution in [2.45, 2.75) is 0 Å². The van der Waals surface area contributed by atoms with Gasteiger partial charge < -0.3 is 11.1 Å². The van der Waals surface area contributed by atoms with Crippen molar-refractivity contribution in [3.8, 4) is 6.07 Å². The number of nitriles is 1. The molecule has 0 amide bonds. The maximum atomic E-state index is 8.68. The van der Waals surface area contributed by atoms with Crippen molar-refractivity contribution in [3.63, 3.8) is 0 Å². The first kappa shape index (κ1) is 9.35. The maximum Gasteiger partial charge on any atom is 0.0991 e. The van der Waals surface area contributed by atoms with Crippen LogP contribution in [0.5, 0.6) is 0 Å². The van der Waals surface area contributed by atoms with Gasteiger partial charge in [0.1, 0.15) is 0 Å². The van der Waals surface area contributed by atoms with Gasteiger partial charge in [0.05, 0.1) is 11.6 Å². The molecule has 2 rings (SSSR count). The minimum Gasteiger partial charge on any atom is -0.398 e. The molecule has 0 fully saturated rings. The van der Waals surface area contributed by atoms with Crippen LogP contribution in [0.2, 0.25) is 0 Å². The Morgan fingerprint density at radius 1 is 1.27 bits per heavy atom. The zero-order valence-corrected chi connectivity index (χ0v) is 8.20. The van der Waals surface area contributed by atoms with Crippen LogP contribution < -0.4 is 11.1 Å². The molecule has 0 atom stereocenters. The molecular formula is C12H11N3. The fraction of sp³-hybridized carbons (Fsp3) is 0.0833. The van der Waals surface area contributed by atoms with Crippen molar-refractivity contribution >= 4 is 5.57 Å². The molecule has 1 aliphatic heterocycles. The fourth-order valence-electron chi connectivity index (χ4n) is 1.53. The number of hydrogen-bond donors (Lipinski definition) is 2. The Bertz CT molecular complexity index is 461. The molecule has 0 spiro atoms. The highest BCUT2D eigenvalue weighted by Gasteiger charge is 2.07. The van der Waals surface area contributed by atoms with Crippen molar-refractivity contribution in [2.24, 2.45) is 5.73 Å². The molecule has 0 unspecified atom stereocenters. The normalized spacial score (nSPS) is 14.6. The Morgan fingerprint density at radius 3 is 2.60 bits per heavy atom. The van der Waals surface area contributed by atoms with Gasteiger partial charge in [0.25, 0.3) is 0 Å². The lowest BCUT2D eigenvalue weighted by atomic mass is 10.0. The van der Waals surface area contributed by atoms with E-state index in [2.05, 4.69) is 11.4 Å². The number of nitrogens with zero attached hydrogens (tertiary/aromatic N) is 1. The number of dihydropyridines is 1. The second kappa shape index (κ2) is 3.89. The Balaban J connectivity index is 2.38. The summed E-state index contributed by atoms with van der Waals surface area (Å²) in [5.41, 5.74) is 9.44. The van der Waals surface area contributed by atoms with Gasteiger partial charge in [0.15, 0.2) is 0 Å². The molecular weight excluding hydrogens is 186 g/mol. The van der Waals surface area contributed by atoms with E-state index >= 15 is 0 Å². The lowest BCUT2D eigenvalue weighted by molar-refractivity contribution is 0.970. The zero-order chi connectivity index (χ0) is 10.7. The molecule has 0 radical (unpaired) electrons. The predicted octanol–water partition coefficient (Wildman–Crippen LogP) is 1.34. The lowest BCUT2D eigenvalue weighted by Crippen LogP contribution is -2.17. The van der Waals surface area contributed by atoms with E-state index in [9.17, 15) is 0 Å². The van der Waals surface area contributed by atoms with Gasteiger partial charge in [0, 0.05) is 17.8 Å². The van der Waals surface area contributed by atoms with Crippen LogP contribution in [0.1, 0.15) is 11.1 Å². The summed E-state index contributed by atoms with van der Waals surface area (Å²) in [6, 6.07) is 9.53. The Hall–Kier alpha value is -2.21. The number of nitrogens with one attached hydrogen (secondary N) is 1. The average molecular weight is 197 g/mol. The van der Waals surface area contributed by atoms with E-state index in [1.807, 2.05) is 24.4 Å². The van der Waals surface area contributed by atoms with Crippen molar-refractivity contribution in [3.05, 3.63) is 53.4 Å². The van der Waals surface area contributed by atoms with Gasteiger partial charge in [0.2, 0.25) is 0 Å². The summed E-state index contributed by atoms with van der Waals surface area (Å²) in [6.45, 7) is 0.730. The van der Waals surface area contributed by atoms with Crippen LogP contribution in [0.15, 0.2) is 42.2 Å². The second-order valence-electron chi connectivity index (χ2n) is 3.34. The number of allylic oxidation sites excluding steroid dienone is 1. The van der Waals surface area contributed by atoms with Crippen LogP contribution in [0.3, 0.4) is 0 Å². The molecule has 0 saturated heterocycles. The van der Waals surface area contributed by atoms with Crippen molar-refractivity contribution < 1.29 is 0 Å². The molecule has 0 saturated carbocycles. The summed E-state index contributed by atoms with van der Waals surface area (Å²) in [5, 5.41) is 11.8. The molecule has 3 N–H and O–H groups in total. The Labute approximate surface area is 88.5 Å². The smallest absolute Gasteiger partial charge is 0.0991 e. The lowest BCUT2D eigenvalue weighted by Gasteiger charge is -2.14. The molecule has 1 aromatic carbocycles. The average Bonchev–Trinajstić information content (AvgIpc) is 2.30. The SMILES string of the molecule is N#Cc1ccc(C2=C(N)C=CNC2)cc1. The first-order valence-corrected chi connectivity index (χ1v) is 4.70. The van der Waals surface area contributed by atoms with Crippen LogP contribution >= 0.6 is 0 Å². The molecule has 0 aromatic heterocycles. The highest BCUT2D eigenvalue weighted by atomic mass is 14.8. The summed E-state index contributed by atoms with van der Waals surface area (Å²) >= 11 is 0. The van der Waals surface area contributed by atoms with E-state index in [0.29, 0.717) is 5.56 Å². The van der Waals surface area contributed by atoms with Gasteiger partial charge in [-0.1, -0.05) is 12.1 Å². The molecule has 3 heteroatoms. The first-order chi connectivity index (χ1) is 7.31. The highest BCUT2D eigenvalue weighted by Crippen LogP contribution is 2.18. The first-order valence-electron chi connectivity index (χ1n) is 4.70. The summed E-state index contributed by atoms with van der Waals surface area (Å²) in [7, 11) is 0. The third-order valence-electron chi connectivity index (χ3n) is 2.37. The van der Waals surface area contributed by atoms with Gasteiger partial charge in [-0.05, 0) is 30.0 Å². The molecule has 74 valence electrons. The van der Waals surface area contributed by atoms with Crippen LogP contribution in [-0.2, 0) is 0 Å². The number of hydrogen-bond acceptors (Lipinski definition) is 3. The Morgan fingerprint density at radius 2 is 2.00 bits per heavy atom. The van der Waals surface area contributed by atoms with E-state index in [0.717, 1.165) is 23.4 Å². The van der Waals surface area contributed by atoms with Crippen LogP contribution in [-0.4, -0.2) is 6.54 Å². The molecule has 3 nitrogen and oxygen atoms in total. The maximum absolute atomic E-state index is 8.68. The molecule has 0 bridgehead atoms. The van der Waals surface area contributed by atoms with Gasteiger partial charge in [-0.2, -0.15) is 5.26 Å². The van der Waals surface area contributed by atoms with Crippen LogP contribution in [0, 0.1) is 11.3 Å². The minimum atomic E-state index is 0.664. The summed E-state index contributed by atoms with van der Waals surface area (Å²) in [5.74, 6) is 0. The van der Waals surface area contributed by atoms with E-state index in [1.54, 1.807) is 12.1 Å². The van der Waals surface area contributed by atoms with Gasteiger partial charge in [-0.15, -0.1) is 0 Å². The topological polar surface area (TPSA) is 61.8 Å². The van der Waals surface area contributed by atoms with Crippen LogP contribution in [0.25, 0.3) is 5.57 Å². The van der Waals surface area contributed by atoms with Gasteiger partial charge in [-0.25, -0.2) is 0 Å². The molecule has 15 heavy (non-hydrogen) atoms. The summed E-state index contributed by atoms with van der Waals surface area (Å²) < 4.78 is 0. The molecule has 1 aliphatic rings. The van der Waals surface area contributed by atoms with Crippen molar-refractivity contribution in [1.82, 2.24) is 5.32 Å². The monoisotopic (exact) mass is 197 g/mol. The number of nitrogens with two attached hydrogens (primary N) is 1. The molecule has 1 heterocycles. The molecule has 0 aliphatic carbocycles. The van der Waals surface area contributed by atoms with E-state index in [-0.39, 0.29) is 0 Å². The number of benzene rings is 1. The van der Waals surface area contributed by atoms with E-state index in [4.69, 9.17) is 11.0 Å². The van der Waals surface area contributed by atoms with E-state index in [1.165, 1.54) is 0 Å². The second-order valence-corrected chi connectivity index (χ2v) is 3.34. The quantitative estimate of drug-likeness (QED) is 0.714. The fourth-order valence-corrected chi connectivity index (χ4v) is 1.53. The Kier molecular flexibility index (Phi) is 2.42. The third-order valence-corrected chi connectivity index (χ3v) is 2.37. The molecule has 1 aromatic rings. The summed E-state index contributed by atoms with van der Waals surface area (Å²) in [4.78, 5) is 0. The van der Waals surface area contributed by atoms with Crippen molar-refractivity contribution in [2.75, 3.05) is 6.54 Å². The highest BCUT2D eigenvalue weighted by molar-refractivity contribution is 5.72. The summed E-state index contributed by atoms with van der Waals surface area (Å²) in [6.07, 6.45) is 3.68. The third kappa shape index (κ3) is 1.84. The van der Waals surface area contributed by atoms with Gasteiger partial charge >= 0.3 is 0 Å². The number of rotatable bonds is 1. The standard InChI is InChI=1S/C12H11N3/c13-7-9-1-3-10(4-2-9)11-8-15-6-5-12(11)14/h1-6,15H,8,14H2. The van der Waals surface area contributed by atoms with Crippen LogP contribution in [0.4, 0.5) is 0 Å². The minimum absolute atomic E-state index is 0.664. The predicted molar refractivity (Wildman–Crippen MR) is 59.4 cm³/mol.